The van der Waals surface area contributed by atoms with Gasteiger partial charge in [-0.15, -0.1) is 0 Å². The van der Waals surface area contributed by atoms with Gasteiger partial charge in [-0.2, -0.15) is 9.97 Å². The number of phenols is 1. The van der Waals surface area contributed by atoms with E-state index in [0.717, 1.165) is 5.56 Å². The second kappa shape index (κ2) is 9.56. The van der Waals surface area contributed by atoms with Crippen LogP contribution in [0.4, 0.5) is 11.8 Å². The smallest absolute Gasteiger partial charge is 0.227 e. The SMILES string of the molecule is COc1ccc(O)c(CNc2nc(NC(C)C(C)(C)O)nc3c2ncn3Cc2ccccc2)c1. The Morgan fingerprint density at radius 2 is 1.88 bits per heavy atom. The van der Waals surface area contributed by atoms with Gasteiger partial charge in [-0.1, -0.05) is 30.3 Å². The van der Waals surface area contributed by atoms with Crippen molar-refractivity contribution in [1.82, 2.24) is 19.5 Å². The molecule has 1 unspecified atom stereocenters. The fourth-order valence-electron chi connectivity index (χ4n) is 3.41. The Labute approximate surface area is 198 Å². The number of hydrogen-bond donors (Lipinski definition) is 4. The number of ether oxygens (including phenoxy) is 1. The van der Waals surface area contributed by atoms with Crippen molar-refractivity contribution in [1.29, 1.82) is 0 Å². The minimum atomic E-state index is -0.970. The molecule has 0 saturated carbocycles. The second-order valence-electron chi connectivity index (χ2n) is 8.79. The first-order chi connectivity index (χ1) is 16.2. The molecule has 0 radical (unpaired) electrons. The fraction of sp³-hybridized carbons (Fsp3) is 0.320. The lowest BCUT2D eigenvalue weighted by Gasteiger charge is -2.26. The summed E-state index contributed by atoms with van der Waals surface area (Å²) in [7, 11) is 1.58. The number of hydrogen-bond acceptors (Lipinski definition) is 8. The molecule has 0 spiro atoms. The molecule has 2 aromatic carbocycles. The van der Waals surface area contributed by atoms with Gasteiger partial charge in [-0.25, -0.2) is 4.98 Å². The topological polar surface area (TPSA) is 117 Å². The maximum atomic E-state index is 10.4. The van der Waals surface area contributed by atoms with Gasteiger partial charge >= 0.3 is 0 Å². The maximum absolute atomic E-state index is 10.4. The number of aromatic hydroxyl groups is 1. The molecule has 1 atom stereocenters. The van der Waals surface area contributed by atoms with Crippen molar-refractivity contribution >= 4 is 22.9 Å². The lowest BCUT2D eigenvalue weighted by atomic mass is 10.0. The zero-order valence-electron chi connectivity index (χ0n) is 19.8. The first-order valence-corrected chi connectivity index (χ1v) is 11.1. The third-order valence-electron chi connectivity index (χ3n) is 5.80. The summed E-state index contributed by atoms with van der Waals surface area (Å²) < 4.78 is 7.23. The number of anilines is 2. The van der Waals surface area contributed by atoms with Crippen LogP contribution in [0.15, 0.2) is 54.9 Å². The summed E-state index contributed by atoms with van der Waals surface area (Å²) in [6.45, 7) is 6.24. The minimum absolute atomic E-state index is 0.155. The highest BCUT2D eigenvalue weighted by Crippen LogP contribution is 2.27. The number of nitrogens with one attached hydrogen (secondary N) is 2. The van der Waals surface area contributed by atoms with Crippen molar-refractivity contribution < 1.29 is 14.9 Å². The van der Waals surface area contributed by atoms with Gasteiger partial charge in [0.25, 0.3) is 0 Å². The summed E-state index contributed by atoms with van der Waals surface area (Å²) in [6, 6.07) is 14.8. The van der Waals surface area contributed by atoms with Gasteiger partial charge in [-0.05, 0) is 44.5 Å². The summed E-state index contributed by atoms with van der Waals surface area (Å²) in [5.41, 5.74) is 2.08. The Morgan fingerprint density at radius 3 is 2.59 bits per heavy atom. The Kier molecular flexibility index (Phi) is 6.56. The van der Waals surface area contributed by atoms with E-state index in [1.165, 1.54) is 0 Å². The first kappa shape index (κ1) is 23.3. The maximum Gasteiger partial charge on any atom is 0.227 e. The van der Waals surface area contributed by atoms with Crippen molar-refractivity contribution in [3.63, 3.8) is 0 Å². The standard InChI is InChI=1S/C25H30N6O3/c1-16(25(2,3)33)28-24-29-22(26-13-18-12-19(34-4)10-11-20(18)32)21-23(30-24)31(15-27-21)14-17-8-6-5-7-9-17/h5-12,15-16,32-33H,13-14H2,1-4H3,(H2,26,28,29,30). The molecule has 4 rings (SSSR count). The van der Waals surface area contributed by atoms with E-state index >= 15 is 0 Å². The summed E-state index contributed by atoms with van der Waals surface area (Å²) in [4.78, 5) is 13.9. The third-order valence-corrected chi connectivity index (χ3v) is 5.80. The highest BCUT2D eigenvalue weighted by atomic mass is 16.5. The predicted molar refractivity (Wildman–Crippen MR) is 132 cm³/mol. The molecule has 0 saturated heterocycles. The summed E-state index contributed by atoms with van der Waals surface area (Å²) >= 11 is 0. The quantitative estimate of drug-likeness (QED) is 0.297. The van der Waals surface area contributed by atoms with Crippen LogP contribution in [-0.4, -0.2) is 48.5 Å². The molecule has 0 amide bonds. The van der Waals surface area contributed by atoms with E-state index in [4.69, 9.17) is 9.72 Å². The molecular weight excluding hydrogens is 432 g/mol. The number of aromatic nitrogens is 4. The molecule has 9 heteroatoms. The Balaban J connectivity index is 1.70. The summed E-state index contributed by atoms with van der Waals surface area (Å²) in [6.07, 6.45) is 1.74. The number of aliphatic hydroxyl groups is 1. The van der Waals surface area contributed by atoms with E-state index < -0.39 is 5.60 Å². The first-order valence-electron chi connectivity index (χ1n) is 11.1. The largest absolute Gasteiger partial charge is 0.508 e. The van der Waals surface area contributed by atoms with Crippen molar-refractivity contribution in [3.05, 3.63) is 66.0 Å². The third kappa shape index (κ3) is 5.20. The van der Waals surface area contributed by atoms with Crippen LogP contribution >= 0.6 is 0 Å². The Bertz CT molecular complexity index is 1270. The summed E-state index contributed by atoms with van der Waals surface area (Å²) in [5, 5.41) is 27.1. The van der Waals surface area contributed by atoms with Crippen LogP contribution in [0.25, 0.3) is 11.2 Å². The van der Waals surface area contributed by atoms with Gasteiger partial charge in [0.2, 0.25) is 5.95 Å². The van der Waals surface area contributed by atoms with Crippen LogP contribution in [0, 0.1) is 0 Å². The molecule has 0 aliphatic heterocycles. The van der Waals surface area contributed by atoms with E-state index in [0.29, 0.717) is 47.3 Å². The zero-order chi connectivity index (χ0) is 24.3. The van der Waals surface area contributed by atoms with Gasteiger partial charge < -0.3 is 30.2 Å². The predicted octanol–water partition coefficient (Wildman–Crippen LogP) is 3.77. The molecule has 4 aromatic rings. The van der Waals surface area contributed by atoms with Crippen LogP contribution in [0.5, 0.6) is 11.5 Å². The molecule has 4 N–H and O–H groups in total. The molecular formula is C25H30N6O3. The van der Waals surface area contributed by atoms with Crippen molar-refractivity contribution in [2.24, 2.45) is 0 Å². The lowest BCUT2D eigenvalue weighted by Crippen LogP contribution is -2.39. The van der Waals surface area contributed by atoms with Crippen LogP contribution in [-0.2, 0) is 13.1 Å². The average molecular weight is 463 g/mol. The second-order valence-corrected chi connectivity index (χ2v) is 8.79. The van der Waals surface area contributed by atoms with Crippen LogP contribution in [0.3, 0.4) is 0 Å². The van der Waals surface area contributed by atoms with Gasteiger partial charge in [0.05, 0.1) is 31.6 Å². The van der Waals surface area contributed by atoms with E-state index in [-0.39, 0.29) is 11.8 Å². The molecule has 178 valence electrons. The highest BCUT2D eigenvalue weighted by molar-refractivity contribution is 5.84. The van der Waals surface area contributed by atoms with E-state index in [2.05, 4.69) is 20.6 Å². The number of rotatable bonds is 9. The monoisotopic (exact) mass is 462 g/mol. The Morgan fingerprint density at radius 1 is 1.12 bits per heavy atom. The highest BCUT2D eigenvalue weighted by Gasteiger charge is 2.24. The zero-order valence-corrected chi connectivity index (χ0v) is 19.8. The van der Waals surface area contributed by atoms with Crippen LogP contribution in [0.2, 0.25) is 0 Å². The van der Waals surface area contributed by atoms with Crippen molar-refractivity contribution in [2.45, 2.75) is 45.5 Å². The molecule has 9 nitrogen and oxygen atoms in total. The van der Waals surface area contributed by atoms with Crippen molar-refractivity contribution in [2.75, 3.05) is 17.7 Å². The lowest BCUT2D eigenvalue weighted by molar-refractivity contribution is 0.0646. The molecule has 0 bridgehead atoms. The van der Waals surface area contributed by atoms with Crippen molar-refractivity contribution in [3.8, 4) is 11.5 Å². The number of nitrogens with zero attached hydrogens (tertiary/aromatic N) is 4. The average Bonchev–Trinajstić information content (AvgIpc) is 3.21. The summed E-state index contributed by atoms with van der Waals surface area (Å²) in [5.74, 6) is 1.69. The number of fused-ring (bicyclic) bond motifs is 1. The molecule has 0 aliphatic carbocycles. The molecule has 2 aromatic heterocycles. The molecule has 2 heterocycles. The van der Waals surface area contributed by atoms with Crippen LogP contribution in [0.1, 0.15) is 31.9 Å². The van der Waals surface area contributed by atoms with Gasteiger partial charge in [0, 0.05) is 12.1 Å². The number of methoxy groups -OCH3 is 1. The molecule has 0 fully saturated rings. The van der Waals surface area contributed by atoms with Gasteiger partial charge in [0.15, 0.2) is 17.0 Å². The number of phenolic OH excluding ortho intramolecular Hbond substituents is 1. The van der Waals surface area contributed by atoms with E-state index in [1.54, 1.807) is 45.5 Å². The van der Waals surface area contributed by atoms with E-state index in [9.17, 15) is 10.2 Å². The normalized spacial score (nSPS) is 12.5. The van der Waals surface area contributed by atoms with Crippen LogP contribution < -0.4 is 15.4 Å². The molecule has 0 aliphatic rings. The minimum Gasteiger partial charge on any atom is -0.508 e. The Hall–Kier alpha value is -3.85. The number of benzene rings is 2. The van der Waals surface area contributed by atoms with Gasteiger partial charge in [0.1, 0.15) is 11.5 Å². The molecule has 34 heavy (non-hydrogen) atoms. The fourth-order valence-corrected chi connectivity index (χ4v) is 3.41. The number of imidazole rings is 1. The van der Waals surface area contributed by atoms with E-state index in [1.807, 2.05) is 41.8 Å². The van der Waals surface area contributed by atoms with Gasteiger partial charge in [-0.3, -0.25) is 0 Å².